The molecule has 112 valence electrons. The SMILES string of the molecule is CCCNCc1cccc(SCc2ccc(Cl)c(Cl)c2)c1. The Morgan fingerprint density at radius 3 is 2.62 bits per heavy atom. The number of thioether (sulfide) groups is 1. The van der Waals surface area contributed by atoms with Gasteiger partial charge >= 0.3 is 0 Å². The van der Waals surface area contributed by atoms with Gasteiger partial charge in [-0.2, -0.15) is 0 Å². The normalized spacial score (nSPS) is 10.8. The van der Waals surface area contributed by atoms with E-state index in [0.717, 1.165) is 25.3 Å². The Labute approximate surface area is 141 Å². The summed E-state index contributed by atoms with van der Waals surface area (Å²) in [6.07, 6.45) is 1.16. The first-order valence-corrected chi connectivity index (χ1v) is 8.79. The van der Waals surface area contributed by atoms with Crippen molar-refractivity contribution in [2.24, 2.45) is 0 Å². The van der Waals surface area contributed by atoms with Crippen molar-refractivity contribution in [1.29, 1.82) is 0 Å². The van der Waals surface area contributed by atoms with E-state index >= 15 is 0 Å². The van der Waals surface area contributed by atoms with Crippen molar-refractivity contribution in [3.63, 3.8) is 0 Å². The van der Waals surface area contributed by atoms with Gasteiger partial charge in [-0.05, 0) is 48.4 Å². The Kier molecular flexibility index (Phi) is 6.91. The first-order chi connectivity index (χ1) is 10.2. The molecule has 4 heteroatoms. The molecule has 0 heterocycles. The molecule has 0 amide bonds. The maximum Gasteiger partial charge on any atom is 0.0595 e. The van der Waals surface area contributed by atoms with E-state index in [1.807, 2.05) is 30.0 Å². The van der Waals surface area contributed by atoms with Gasteiger partial charge in [0.05, 0.1) is 10.0 Å². The maximum atomic E-state index is 6.04. The molecule has 2 aromatic carbocycles. The summed E-state index contributed by atoms with van der Waals surface area (Å²) in [5.74, 6) is 0.892. The fraction of sp³-hybridized carbons (Fsp3) is 0.294. The minimum Gasteiger partial charge on any atom is -0.313 e. The second kappa shape index (κ2) is 8.70. The smallest absolute Gasteiger partial charge is 0.0595 e. The zero-order chi connectivity index (χ0) is 15.1. The van der Waals surface area contributed by atoms with Crippen molar-refractivity contribution >= 4 is 35.0 Å². The fourth-order valence-electron chi connectivity index (χ4n) is 1.95. The molecule has 0 fully saturated rings. The van der Waals surface area contributed by atoms with Crippen LogP contribution in [0.25, 0.3) is 0 Å². The van der Waals surface area contributed by atoms with Gasteiger partial charge in [0.2, 0.25) is 0 Å². The summed E-state index contributed by atoms with van der Waals surface area (Å²) in [5.41, 5.74) is 2.51. The Morgan fingerprint density at radius 2 is 1.86 bits per heavy atom. The second-order valence-electron chi connectivity index (χ2n) is 4.86. The fourth-order valence-corrected chi connectivity index (χ4v) is 3.19. The van der Waals surface area contributed by atoms with Crippen LogP contribution in [-0.4, -0.2) is 6.54 Å². The lowest BCUT2D eigenvalue weighted by atomic mass is 10.2. The number of halogens is 2. The third-order valence-electron chi connectivity index (χ3n) is 3.04. The molecule has 0 unspecified atom stereocenters. The van der Waals surface area contributed by atoms with Crippen molar-refractivity contribution in [2.45, 2.75) is 30.5 Å². The predicted octanol–water partition coefficient (Wildman–Crippen LogP) is 5.79. The average Bonchev–Trinajstić information content (AvgIpc) is 2.49. The van der Waals surface area contributed by atoms with Crippen LogP contribution in [0.3, 0.4) is 0 Å². The lowest BCUT2D eigenvalue weighted by molar-refractivity contribution is 0.674. The zero-order valence-corrected chi connectivity index (χ0v) is 14.4. The van der Waals surface area contributed by atoms with Gasteiger partial charge in [0, 0.05) is 17.2 Å². The largest absolute Gasteiger partial charge is 0.313 e. The van der Waals surface area contributed by atoms with Crippen molar-refractivity contribution in [2.75, 3.05) is 6.54 Å². The molecule has 0 aliphatic carbocycles. The van der Waals surface area contributed by atoms with Crippen molar-refractivity contribution in [1.82, 2.24) is 5.32 Å². The van der Waals surface area contributed by atoms with Gasteiger partial charge in [0.15, 0.2) is 0 Å². The molecule has 0 aliphatic rings. The summed E-state index contributed by atoms with van der Waals surface area (Å²) in [4.78, 5) is 1.27. The van der Waals surface area contributed by atoms with Crippen molar-refractivity contribution in [3.8, 4) is 0 Å². The van der Waals surface area contributed by atoms with Gasteiger partial charge in [-0.3, -0.25) is 0 Å². The molecule has 21 heavy (non-hydrogen) atoms. The molecule has 0 spiro atoms. The summed E-state index contributed by atoms with van der Waals surface area (Å²) in [5, 5.41) is 4.65. The van der Waals surface area contributed by atoms with E-state index in [1.165, 1.54) is 16.0 Å². The van der Waals surface area contributed by atoms with Crippen LogP contribution >= 0.6 is 35.0 Å². The minimum atomic E-state index is 0.606. The first-order valence-electron chi connectivity index (χ1n) is 7.05. The van der Waals surface area contributed by atoms with E-state index in [2.05, 4.69) is 36.5 Å². The third-order valence-corrected chi connectivity index (χ3v) is 4.85. The van der Waals surface area contributed by atoms with Crippen LogP contribution < -0.4 is 5.32 Å². The van der Waals surface area contributed by atoms with Crippen LogP contribution in [0, 0.1) is 0 Å². The highest BCUT2D eigenvalue weighted by molar-refractivity contribution is 7.98. The first kappa shape index (κ1) is 16.7. The summed E-state index contributed by atoms with van der Waals surface area (Å²) in [6, 6.07) is 14.5. The predicted molar refractivity (Wildman–Crippen MR) is 94.5 cm³/mol. The van der Waals surface area contributed by atoms with Gasteiger partial charge in [-0.15, -0.1) is 11.8 Å². The maximum absolute atomic E-state index is 6.04. The Morgan fingerprint density at radius 1 is 1.00 bits per heavy atom. The topological polar surface area (TPSA) is 12.0 Å². The van der Waals surface area contributed by atoms with Crippen LogP contribution in [0.2, 0.25) is 10.0 Å². The van der Waals surface area contributed by atoms with E-state index < -0.39 is 0 Å². The number of benzene rings is 2. The van der Waals surface area contributed by atoms with E-state index in [0.29, 0.717) is 10.0 Å². The van der Waals surface area contributed by atoms with Crippen molar-refractivity contribution in [3.05, 3.63) is 63.6 Å². The Bertz CT molecular complexity index is 587. The molecule has 1 nitrogen and oxygen atoms in total. The number of nitrogens with one attached hydrogen (secondary N) is 1. The third kappa shape index (κ3) is 5.55. The highest BCUT2D eigenvalue weighted by Crippen LogP contribution is 2.28. The lowest BCUT2D eigenvalue weighted by Crippen LogP contribution is -2.13. The summed E-state index contributed by atoms with van der Waals surface area (Å²) < 4.78 is 0. The van der Waals surface area contributed by atoms with E-state index in [1.54, 1.807) is 0 Å². The highest BCUT2D eigenvalue weighted by Gasteiger charge is 2.02. The molecule has 0 radical (unpaired) electrons. The van der Waals surface area contributed by atoms with Gasteiger partial charge in [0.25, 0.3) is 0 Å². The molecule has 0 saturated carbocycles. The lowest BCUT2D eigenvalue weighted by Gasteiger charge is -2.07. The van der Waals surface area contributed by atoms with Gasteiger partial charge in [0.1, 0.15) is 0 Å². The van der Waals surface area contributed by atoms with Crippen LogP contribution in [-0.2, 0) is 12.3 Å². The molecule has 2 aromatic rings. The summed E-state index contributed by atoms with van der Waals surface area (Å²) in [7, 11) is 0. The molecule has 0 aliphatic heterocycles. The van der Waals surface area contributed by atoms with Crippen molar-refractivity contribution < 1.29 is 0 Å². The molecular weight excluding hydrogens is 321 g/mol. The van der Waals surface area contributed by atoms with E-state index in [-0.39, 0.29) is 0 Å². The summed E-state index contributed by atoms with van der Waals surface area (Å²) >= 11 is 13.8. The average molecular weight is 340 g/mol. The van der Waals surface area contributed by atoms with Crippen LogP contribution in [0.4, 0.5) is 0 Å². The quantitative estimate of drug-likeness (QED) is 0.506. The Hall–Kier alpha value is -0.670. The van der Waals surface area contributed by atoms with Gasteiger partial charge in [-0.25, -0.2) is 0 Å². The molecule has 0 saturated heterocycles. The molecule has 0 aromatic heterocycles. The van der Waals surface area contributed by atoms with Crippen LogP contribution in [0.15, 0.2) is 47.4 Å². The highest BCUT2D eigenvalue weighted by atomic mass is 35.5. The number of hydrogen-bond donors (Lipinski definition) is 1. The summed E-state index contributed by atoms with van der Waals surface area (Å²) in [6.45, 7) is 4.16. The molecule has 2 rings (SSSR count). The van der Waals surface area contributed by atoms with Gasteiger partial charge in [-0.1, -0.05) is 48.3 Å². The molecule has 1 N–H and O–H groups in total. The van der Waals surface area contributed by atoms with Crippen LogP contribution in [0.5, 0.6) is 0 Å². The van der Waals surface area contributed by atoms with Crippen LogP contribution in [0.1, 0.15) is 24.5 Å². The second-order valence-corrected chi connectivity index (χ2v) is 6.72. The molecular formula is C17H19Cl2NS. The van der Waals surface area contributed by atoms with Gasteiger partial charge < -0.3 is 5.32 Å². The van der Waals surface area contributed by atoms with E-state index in [4.69, 9.17) is 23.2 Å². The Balaban J connectivity index is 1.93. The monoisotopic (exact) mass is 339 g/mol. The minimum absolute atomic E-state index is 0.606. The standard InChI is InChI=1S/C17H19Cl2NS/c1-2-8-20-11-13-4-3-5-15(9-13)21-12-14-6-7-16(18)17(19)10-14/h3-7,9-10,20H,2,8,11-12H2,1H3. The molecule has 0 atom stereocenters. The zero-order valence-electron chi connectivity index (χ0n) is 12.0. The number of rotatable bonds is 7. The van der Waals surface area contributed by atoms with E-state index in [9.17, 15) is 0 Å². The number of hydrogen-bond acceptors (Lipinski definition) is 2. The molecule has 0 bridgehead atoms.